The molecule has 0 aromatic heterocycles. The molecule has 0 aliphatic rings. The molecule has 0 saturated heterocycles. The Morgan fingerprint density at radius 3 is 0.600 bits per heavy atom. The summed E-state index contributed by atoms with van der Waals surface area (Å²) in [6.07, 6.45) is -0.500. The molecular weight excluding hydrogens is 199 g/mol. The van der Waals surface area contributed by atoms with Crippen LogP contribution in [0.2, 0.25) is 0 Å². The SMILES string of the molecule is CC(C)O.CC(C)O.CC(C)O.O[B]O. The van der Waals surface area contributed by atoms with Crippen LogP contribution in [0.5, 0.6) is 0 Å². The first kappa shape index (κ1) is 24.2. The summed E-state index contributed by atoms with van der Waals surface area (Å²) < 4.78 is 0. The van der Waals surface area contributed by atoms with E-state index in [1.165, 1.54) is 0 Å². The lowest BCUT2D eigenvalue weighted by Gasteiger charge is -1.80. The number of aliphatic hydroxyl groups excluding tert-OH is 3. The minimum atomic E-state index is -0.167. The highest BCUT2D eigenvalue weighted by Gasteiger charge is 1.70. The molecule has 0 aliphatic heterocycles. The van der Waals surface area contributed by atoms with Gasteiger partial charge in [0, 0.05) is 18.3 Å². The summed E-state index contributed by atoms with van der Waals surface area (Å²) >= 11 is 0. The van der Waals surface area contributed by atoms with Crippen LogP contribution in [0, 0.1) is 0 Å². The van der Waals surface area contributed by atoms with Crippen molar-refractivity contribution in [1.29, 1.82) is 0 Å². The van der Waals surface area contributed by atoms with Gasteiger partial charge in [0.05, 0.1) is 0 Å². The average molecular weight is 225 g/mol. The minimum Gasteiger partial charge on any atom is -0.429 e. The van der Waals surface area contributed by atoms with E-state index in [0.29, 0.717) is 0 Å². The van der Waals surface area contributed by atoms with E-state index in [1.54, 1.807) is 41.5 Å². The molecular formula is C9H26BO5. The largest absolute Gasteiger partial charge is 0.482 e. The molecule has 0 rings (SSSR count). The highest BCUT2D eigenvalue weighted by atomic mass is 16.4. The Bertz CT molecular complexity index is 56.4. The van der Waals surface area contributed by atoms with Crippen molar-refractivity contribution in [1.82, 2.24) is 0 Å². The van der Waals surface area contributed by atoms with Crippen molar-refractivity contribution in [2.45, 2.75) is 59.9 Å². The zero-order valence-electron chi connectivity index (χ0n) is 10.5. The molecule has 6 heteroatoms. The quantitative estimate of drug-likeness (QED) is 0.363. The van der Waals surface area contributed by atoms with E-state index < -0.39 is 0 Å². The molecule has 1 radical (unpaired) electrons. The van der Waals surface area contributed by atoms with Crippen LogP contribution in [0.4, 0.5) is 0 Å². The van der Waals surface area contributed by atoms with Gasteiger partial charge in [-0.25, -0.2) is 0 Å². The second-order valence-corrected chi connectivity index (χ2v) is 3.40. The maximum Gasteiger partial charge on any atom is 0.482 e. The molecule has 0 saturated carbocycles. The van der Waals surface area contributed by atoms with Crippen LogP contribution in [0.15, 0.2) is 0 Å². The van der Waals surface area contributed by atoms with Crippen LogP contribution in [0.25, 0.3) is 0 Å². The molecule has 0 heterocycles. The number of rotatable bonds is 0. The third kappa shape index (κ3) is 107000. The van der Waals surface area contributed by atoms with Crippen LogP contribution < -0.4 is 0 Å². The molecule has 0 fully saturated rings. The standard InChI is InChI=1S/3C3H8O.BH2O2/c3*1-3(2)4;2-1-3/h3*3-4H,1-2H3;2-3H. The van der Waals surface area contributed by atoms with Crippen LogP contribution >= 0.6 is 0 Å². The van der Waals surface area contributed by atoms with Crippen LogP contribution in [0.1, 0.15) is 41.5 Å². The van der Waals surface area contributed by atoms with Gasteiger partial charge in [0.25, 0.3) is 0 Å². The highest BCUT2D eigenvalue weighted by Crippen LogP contribution is 1.65. The molecule has 0 amide bonds. The smallest absolute Gasteiger partial charge is 0.429 e. The van der Waals surface area contributed by atoms with Crippen LogP contribution in [0.3, 0.4) is 0 Å². The summed E-state index contributed by atoms with van der Waals surface area (Å²) in [6, 6.07) is 0. The van der Waals surface area contributed by atoms with Crippen molar-refractivity contribution in [3.8, 4) is 0 Å². The summed E-state index contributed by atoms with van der Waals surface area (Å²) in [5, 5.41) is 38.2. The van der Waals surface area contributed by atoms with Gasteiger partial charge < -0.3 is 25.4 Å². The molecule has 0 bridgehead atoms. The van der Waals surface area contributed by atoms with E-state index in [2.05, 4.69) is 0 Å². The van der Waals surface area contributed by atoms with Gasteiger partial charge in [-0.15, -0.1) is 0 Å². The highest BCUT2D eigenvalue weighted by molar-refractivity contribution is 6.13. The lowest BCUT2D eigenvalue weighted by molar-refractivity contribution is 0.215. The van der Waals surface area contributed by atoms with Gasteiger partial charge in [-0.3, -0.25) is 0 Å². The number of hydrogen-bond acceptors (Lipinski definition) is 5. The van der Waals surface area contributed by atoms with E-state index in [1.807, 2.05) is 0 Å². The average Bonchev–Trinajstić information content (AvgIpc) is 1.81. The zero-order valence-corrected chi connectivity index (χ0v) is 10.5. The van der Waals surface area contributed by atoms with Gasteiger partial charge in [0.1, 0.15) is 0 Å². The summed E-state index contributed by atoms with van der Waals surface area (Å²) in [5.41, 5.74) is 0. The lowest BCUT2D eigenvalue weighted by atomic mass is 10.5. The van der Waals surface area contributed by atoms with Crippen molar-refractivity contribution < 1.29 is 25.4 Å². The summed E-state index contributed by atoms with van der Waals surface area (Å²) in [6.45, 7) is 10.3. The number of hydrogen-bond donors (Lipinski definition) is 5. The minimum absolute atomic E-state index is 0. The van der Waals surface area contributed by atoms with Crippen molar-refractivity contribution in [3.63, 3.8) is 0 Å². The Balaban J connectivity index is -0.0000000542. The molecule has 0 aliphatic carbocycles. The summed E-state index contributed by atoms with van der Waals surface area (Å²) in [5.74, 6) is 0. The van der Waals surface area contributed by atoms with E-state index in [9.17, 15) is 0 Å². The second-order valence-electron chi connectivity index (χ2n) is 3.40. The summed E-state index contributed by atoms with van der Waals surface area (Å²) in [7, 11) is 0. The summed E-state index contributed by atoms with van der Waals surface area (Å²) in [4.78, 5) is 0. The Morgan fingerprint density at radius 2 is 0.600 bits per heavy atom. The fraction of sp³-hybridized carbons (Fsp3) is 1.00. The van der Waals surface area contributed by atoms with Gasteiger partial charge in [0.2, 0.25) is 0 Å². The normalized spacial score (nSPS) is 8.13. The molecule has 0 aromatic carbocycles. The van der Waals surface area contributed by atoms with E-state index in [-0.39, 0.29) is 26.0 Å². The third-order valence-corrected chi connectivity index (χ3v) is 0. The van der Waals surface area contributed by atoms with Gasteiger partial charge >= 0.3 is 7.69 Å². The predicted octanol–water partition coefficient (Wildman–Crippen LogP) is -0.333. The molecule has 5 N–H and O–H groups in total. The maximum absolute atomic E-state index is 8.06. The van der Waals surface area contributed by atoms with Crippen molar-refractivity contribution >= 4 is 7.69 Å². The van der Waals surface area contributed by atoms with E-state index >= 15 is 0 Å². The first-order valence-electron chi connectivity index (χ1n) is 4.76. The first-order chi connectivity index (χ1) is 6.61. The van der Waals surface area contributed by atoms with Gasteiger partial charge in [-0.05, 0) is 41.5 Å². The fourth-order valence-corrected chi connectivity index (χ4v) is 0. The lowest BCUT2D eigenvalue weighted by Crippen LogP contribution is -1.85. The van der Waals surface area contributed by atoms with Gasteiger partial charge in [0.15, 0.2) is 0 Å². The molecule has 15 heavy (non-hydrogen) atoms. The fourth-order valence-electron chi connectivity index (χ4n) is 0. The van der Waals surface area contributed by atoms with Crippen LogP contribution in [-0.4, -0.2) is 51.4 Å². The molecule has 0 aromatic rings. The molecule has 0 spiro atoms. The Kier molecular flexibility index (Phi) is 38.1. The van der Waals surface area contributed by atoms with E-state index in [4.69, 9.17) is 25.4 Å². The third-order valence-electron chi connectivity index (χ3n) is 0. The Morgan fingerprint density at radius 1 is 0.600 bits per heavy atom. The van der Waals surface area contributed by atoms with Gasteiger partial charge in [-0.1, -0.05) is 0 Å². The first-order valence-corrected chi connectivity index (χ1v) is 4.76. The van der Waals surface area contributed by atoms with Crippen molar-refractivity contribution in [3.05, 3.63) is 0 Å². The predicted molar refractivity (Wildman–Crippen MR) is 62.3 cm³/mol. The Hall–Kier alpha value is -0.135. The molecule has 0 atom stereocenters. The Labute approximate surface area is 93.7 Å². The van der Waals surface area contributed by atoms with Crippen LogP contribution in [-0.2, 0) is 0 Å². The zero-order chi connectivity index (χ0) is 13.4. The second kappa shape index (κ2) is 23.6. The topological polar surface area (TPSA) is 101 Å². The van der Waals surface area contributed by atoms with Crippen molar-refractivity contribution in [2.24, 2.45) is 0 Å². The maximum atomic E-state index is 8.06. The molecule has 95 valence electrons. The van der Waals surface area contributed by atoms with E-state index in [0.717, 1.165) is 0 Å². The molecule has 5 nitrogen and oxygen atoms in total. The molecule has 0 unspecified atom stereocenters. The van der Waals surface area contributed by atoms with Crippen molar-refractivity contribution in [2.75, 3.05) is 0 Å². The van der Waals surface area contributed by atoms with Gasteiger partial charge in [-0.2, -0.15) is 0 Å². The monoisotopic (exact) mass is 225 g/mol. The number of aliphatic hydroxyl groups is 3.